The average molecular weight is 407 g/mol. The Balaban J connectivity index is 0.00000400. The van der Waals surface area contributed by atoms with Crippen molar-refractivity contribution in [2.75, 3.05) is 13.1 Å². The Morgan fingerprint density at radius 2 is 2.00 bits per heavy atom. The fourth-order valence-electron chi connectivity index (χ4n) is 1.83. The van der Waals surface area contributed by atoms with Crippen LogP contribution in [-0.2, 0) is 6.42 Å². The van der Waals surface area contributed by atoms with Gasteiger partial charge in [-0.05, 0) is 58.2 Å². The van der Waals surface area contributed by atoms with Crippen molar-refractivity contribution in [2.45, 2.75) is 46.1 Å². The van der Waals surface area contributed by atoms with Gasteiger partial charge in [0.05, 0.1) is 0 Å². The Kier molecular flexibility index (Phi) is 9.57. The van der Waals surface area contributed by atoms with Crippen molar-refractivity contribution >= 4 is 29.9 Å². The highest BCUT2D eigenvalue weighted by molar-refractivity contribution is 14.0. The third-order valence-electron chi connectivity index (χ3n) is 2.62. The minimum atomic E-state index is -0.172. The molecule has 120 valence electrons. The summed E-state index contributed by atoms with van der Waals surface area (Å²) < 4.78 is 13.0. The number of aryl methyl sites for hydroxylation is 1. The number of hydrogen-bond acceptors (Lipinski definition) is 1. The van der Waals surface area contributed by atoms with E-state index in [1.165, 1.54) is 6.07 Å². The molecule has 3 nitrogen and oxygen atoms in total. The van der Waals surface area contributed by atoms with E-state index in [-0.39, 0.29) is 35.3 Å². The maximum Gasteiger partial charge on any atom is 0.191 e. The van der Waals surface area contributed by atoms with Crippen LogP contribution in [0.3, 0.4) is 0 Å². The number of halogens is 2. The molecule has 0 aliphatic rings. The largest absolute Gasteiger partial charge is 0.357 e. The van der Waals surface area contributed by atoms with Gasteiger partial charge in [-0.25, -0.2) is 4.39 Å². The highest BCUT2D eigenvalue weighted by Gasteiger charge is 2.11. The van der Waals surface area contributed by atoms with Gasteiger partial charge in [-0.1, -0.05) is 12.1 Å². The number of nitrogens with zero attached hydrogens (tertiary/aromatic N) is 1. The van der Waals surface area contributed by atoms with Crippen LogP contribution >= 0.6 is 24.0 Å². The lowest BCUT2D eigenvalue weighted by Gasteiger charge is -2.23. The first-order valence-corrected chi connectivity index (χ1v) is 7.21. The lowest BCUT2D eigenvalue weighted by molar-refractivity contribution is 0.501. The molecule has 0 aliphatic heterocycles. The van der Waals surface area contributed by atoms with Crippen LogP contribution < -0.4 is 10.6 Å². The maximum absolute atomic E-state index is 13.0. The topological polar surface area (TPSA) is 36.4 Å². The molecule has 0 aromatic heterocycles. The third-order valence-corrected chi connectivity index (χ3v) is 2.62. The molecule has 1 aromatic rings. The van der Waals surface area contributed by atoms with E-state index in [4.69, 9.17) is 0 Å². The van der Waals surface area contributed by atoms with Crippen LogP contribution in [0.25, 0.3) is 0 Å². The van der Waals surface area contributed by atoms with Crippen molar-refractivity contribution in [1.82, 2.24) is 10.6 Å². The molecule has 0 fully saturated rings. The summed E-state index contributed by atoms with van der Waals surface area (Å²) in [6.45, 7) is 9.92. The van der Waals surface area contributed by atoms with Gasteiger partial charge in [-0.3, -0.25) is 4.99 Å². The Morgan fingerprint density at radius 3 is 2.57 bits per heavy atom. The van der Waals surface area contributed by atoms with E-state index >= 15 is 0 Å². The lowest BCUT2D eigenvalue weighted by atomic mass is 10.1. The van der Waals surface area contributed by atoms with Gasteiger partial charge in [-0.2, -0.15) is 0 Å². The summed E-state index contributed by atoms with van der Waals surface area (Å²) in [7, 11) is 0. The van der Waals surface area contributed by atoms with Crippen LogP contribution in [0.2, 0.25) is 0 Å². The number of aliphatic imine (C=N–C) groups is 1. The van der Waals surface area contributed by atoms with Crippen molar-refractivity contribution in [3.8, 4) is 0 Å². The van der Waals surface area contributed by atoms with Gasteiger partial charge in [-0.15, -0.1) is 24.0 Å². The van der Waals surface area contributed by atoms with Crippen molar-refractivity contribution in [3.05, 3.63) is 35.6 Å². The van der Waals surface area contributed by atoms with Crippen molar-refractivity contribution in [2.24, 2.45) is 4.99 Å². The van der Waals surface area contributed by atoms with E-state index in [2.05, 4.69) is 36.4 Å². The first kappa shape index (κ1) is 20.1. The van der Waals surface area contributed by atoms with Gasteiger partial charge >= 0.3 is 0 Å². The molecule has 0 unspecified atom stereocenters. The van der Waals surface area contributed by atoms with Gasteiger partial charge in [0.1, 0.15) is 5.82 Å². The van der Waals surface area contributed by atoms with E-state index < -0.39 is 0 Å². The second kappa shape index (κ2) is 9.97. The van der Waals surface area contributed by atoms with E-state index in [9.17, 15) is 4.39 Å². The first-order chi connectivity index (χ1) is 9.40. The Morgan fingerprint density at radius 1 is 1.29 bits per heavy atom. The number of rotatable bonds is 5. The third kappa shape index (κ3) is 9.66. The highest BCUT2D eigenvalue weighted by Crippen LogP contribution is 2.06. The summed E-state index contributed by atoms with van der Waals surface area (Å²) in [4.78, 5) is 4.54. The van der Waals surface area contributed by atoms with Crippen LogP contribution in [0.5, 0.6) is 0 Å². The molecular formula is C16H27FIN3. The van der Waals surface area contributed by atoms with Crippen molar-refractivity contribution in [3.63, 3.8) is 0 Å². The molecule has 2 N–H and O–H groups in total. The Bertz CT molecular complexity index is 441. The van der Waals surface area contributed by atoms with Crippen molar-refractivity contribution < 1.29 is 4.39 Å². The van der Waals surface area contributed by atoms with Crippen LogP contribution in [0, 0.1) is 5.82 Å². The lowest BCUT2D eigenvalue weighted by Crippen LogP contribution is -2.47. The molecule has 0 amide bonds. The average Bonchev–Trinajstić information content (AvgIpc) is 2.33. The van der Waals surface area contributed by atoms with E-state index in [1.807, 2.05) is 13.0 Å². The van der Waals surface area contributed by atoms with Crippen LogP contribution in [-0.4, -0.2) is 24.6 Å². The highest BCUT2D eigenvalue weighted by atomic mass is 127. The molecule has 0 bridgehead atoms. The Hall–Kier alpha value is -0.850. The molecular weight excluding hydrogens is 380 g/mol. The quantitative estimate of drug-likeness (QED) is 0.338. The Labute approximate surface area is 144 Å². The fourth-order valence-corrected chi connectivity index (χ4v) is 1.83. The summed E-state index contributed by atoms with van der Waals surface area (Å²) in [6.07, 6.45) is 1.75. The monoisotopic (exact) mass is 407 g/mol. The normalized spacial score (nSPS) is 11.8. The molecule has 0 saturated heterocycles. The van der Waals surface area contributed by atoms with Gasteiger partial charge in [0, 0.05) is 18.6 Å². The van der Waals surface area contributed by atoms with E-state index in [1.54, 1.807) is 12.1 Å². The minimum Gasteiger partial charge on any atom is -0.357 e. The molecule has 1 aromatic carbocycles. The molecule has 0 heterocycles. The molecule has 1 rings (SSSR count). The number of nitrogens with one attached hydrogen (secondary N) is 2. The summed E-state index contributed by atoms with van der Waals surface area (Å²) in [6, 6.07) is 6.76. The van der Waals surface area contributed by atoms with Crippen molar-refractivity contribution in [1.29, 1.82) is 0 Å². The van der Waals surface area contributed by atoms with Crippen LogP contribution in [0.15, 0.2) is 29.3 Å². The van der Waals surface area contributed by atoms with Gasteiger partial charge in [0.25, 0.3) is 0 Å². The van der Waals surface area contributed by atoms with Crippen LogP contribution in [0.1, 0.15) is 39.7 Å². The first-order valence-electron chi connectivity index (χ1n) is 7.21. The molecule has 0 spiro atoms. The standard InChI is InChI=1S/C16H26FN3.HI/c1-5-18-15(20-16(2,3)4)19-11-7-9-13-8-6-10-14(17)12-13;/h6,8,10,12H,5,7,9,11H2,1-4H3,(H2,18,19,20);1H. The van der Waals surface area contributed by atoms with Gasteiger partial charge < -0.3 is 10.6 Å². The van der Waals surface area contributed by atoms with Gasteiger partial charge in [0.15, 0.2) is 5.96 Å². The zero-order valence-corrected chi connectivity index (χ0v) is 15.7. The zero-order valence-electron chi connectivity index (χ0n) is 13.4. The maximum atomic E-state index is 13.0. The molecule has 0 atom stereocenters. The minimum absolute atomic E-state index is 0. The smallest absolute Gasteiger partial charge is 0.191 e. The molecule has 21 heavy (non-hydrogen) atoms. The van der Waals surface area contributed by atoms with E-state index in [0.717, 1.165) is 37.5 Å². The number of benzene rings is 1. The summed E-state index contributed by atoms with van der Waals surface area (Å²) in [5.41, 5.74) is 1.01. The number of guanidine groups is 1. The van der Waals surface area contributed by atoms with E-state index in [0.29, 0.717) is 0 Å². The fraction of sp³-hybridized carbons (Fsp3) is 0.562. The molecule has 5 heteroatoms. The summed E-state index contributed by atoms with van der Waals surface area (Å²) >= 11 is 0. The molecule has 0 radical (unpaired) electrons. The van der Waals surface area contributed by atoms with Gasteiger partial charge in [0.2, 0.25) is 0 Å². The molecule has 0 saturated carbocycles. The second-order valence-corrected chi connectivity index (χ2v) is 5.87. The van der Waals surface area contributed by atoms with Crippen LogP contribution in [0.4, 0.5) is 4.39 Å². The predicted octanol–water partition coefficient (Wildman–Crippen LogP) is 3.73. The second-order valence-electron chi connectivity index (χ2n) is 5.87. The molecule has 0 aliphatic carbocycles. The number of hydrogen-bond donors (Lipinski definition) is 2. The predicted molar refractivity (Wildman–Crippen MR) is 99.0 cm³/mol. The zero-order chi connectivity index (χ0) is 15.0. The summed E-state index contributed by atoms with van der Waals surface area (Å²) in [5, 5.41) is 6.57. The summed E-state index contributed by atoms with van der Waals surface area (Å²) in [5.74, 6) is 0.660. The SMILES string of the molecule is CCNC(=NCCCc1cccc(F)c1)NC(C)(C)C.I.